The standard InChI is InChI=1S/C30H21Cl2FN2O3/c31-24-8-7-22(28(32)16-24)19-37-27-13-11-26(12-14-27)35-30(36)23(17-34)15-21-3-1-2-4-29(21)38-18-20-5-9-25(33)10-6-20/h1-16H,18-19H2,(H,35,36)/b23-15+. The highest BCUT2D eigenvalue weighted by molar-refractivity contribution is 6.35. The topological polar surface area (TPSA) is 71.3 Å². The monoisotopic (exact) mass is 546 g/mol. The first-order chi connectivity index (χ1) is 18.4. The van der Waals surface area contributed by atoms with Crippen LogP contribution in [0.1, 0.15) is 16.7 Å². The Morgan fingerprint density at radius 2 is 1.66 bits per heavy atom. The Bertz CT molecular complexity index is 1500. The van der Waals surface area contributed by atoms with Crippen molar-refractivity contribution in [3.63, 3.8) is 0 Å². The van der Waals surface area contributed by atoms with Crippen LogP contribution in [0.4, 0.5) is 10.1 Å². The van der Waals surface area contributed by atoms with Crippen LogP contribution in [0, 0.1) is 17.1 Å². The lowest BCUT2D eigenvalue weighted by Gasteiger charge is -2.11. The number of benzene rings is 4. The number of hydrogen-bond acceptors (Lipinski definition) is 4. The van der Waals surface area contributed by atoms with Crippen molar-refractivity contribution in [3.8, 4) is 17.6 Å². The highest BCUT2D eigenvalue weighted by atomic mass is 35.5. The summed E-state index contributed by atoms with van der Waals surface area (Å²) in [5.41, 5.74) is 2.53. The molecule has 4 aromatic carbocycles. The van der Waals surface area contributed by atoms with Crippen LogP contribution < -0.4 is 14.8 Å². The summed E-state index contributed by atoms with van der Waals surface area (Å²) in [5, 5.41) is 13.4. The lowest BCUT2D eigenvalue weighted by atomic mass is 10.1. The fraction of sp³-hybridized carbons (Fsp3) is 0.0667. The molecule has 0 heterocycles. The summed E-state index contributed by atoms with van der Waals surface area (Å²) in [5.74, 6) is 0.172. The fourth-order valence-corrected chi connectivity index (χ4v) is 3.87. The molecule has 0 aliphatic heterocycles. The quantitative estimate of drug-likeness (QED) is 0.171. The number of carbonyl (C=O) groups is 1. The van der Waals surface area contributed by atoms with Gasteiger partial charge in [0.2, 0.25) is 0 Å². The molecule has 38 heavy (non-hydrogen) atoms. The van der Waals surface area contributed by atoms with E-state index in [2.05, 4.69) is 5.32 Å². The summed E-state index contributed by atoms with van der Waals surface area (Å²) in [6.07, 6.45) is 1.46. The predicted octanol–water partition coefficient (Wildman–Crippen LogP) is 7.84. The van der Waals surface area contributed by atoms with Gasteiger partial charge in [-0.25, -0.2) is 4.39 Å². The van der Waals surface area contributed by atoms with Crippen LogP contribution in [-0.2, 0) is 18.0 Å². The van der Waals surface area contributed by atoms with Crippen molar-refractivity contribution in [1.29, 1.82) is 5.26 Å². The normalized spacial score (nSPS) is 10.9. The zero-order valence-electron chi connectivity index (χ0n) is 20.0. The molecule has 0 bridgehead atoms. The molecule has 0 atom stereocenters. The van der Waals surface area contributed by atoms with E-state index in [9.17, 15) is 14.4 Å². The first kappa shape index (κ1) is 26.7. The first-order valence-corrected chi connectivity index (χ1v) is 12.2. The van der Waals surface area contributed by atoms with Crippen molar-refractivity contribution in [3.05, 3.63) is 129 Å². The Kier molecular flexibility index (Phi) is 8.99. The van der Waals surface area contributed by atoms with Gasteiger partial charge in [-0.1, -0.05) is 59.6 Å². The zero-order chi connectivity index (χ0) is 26.9. The van der Waals surface area contributed by atoms with Crippen molar-refractivity contribution in [2.24, 2.45) is 0 Å². The third-order valence-corrected chi connectivity index (χ3v) is 6.00. The highest BCUT2D eigenvalue weighted by Gasteiger charge is 2.12. The number of carbonyl (C=O) groups excluding carboxylic acids is 1. The van der Waals surface area contributed by atoms with Crippen molar-refractivity contribution < 1.29 is 18.7 Å². The van der Waals surface area contributed by atoms with E-state index in [1.807, 2.05) is 6.07 Å². The van der Waals surface area contributed by atoms with Crippen LogP contribution in [0.15, 0.2) is 96.6 Å². The van der Waals surface area contributed by atoms with Gasteiger partial charge in [0.15, 0.2) is 0 Å². The van der Waals surface area contributed by atoms with Crippen LogP contribution >= 0.6 is 23.2 Å². The average Bonchev–Trinajstić information content (AvgIpc) is 2.92. The van der Waals surface area contributed by atoms with Gasteiger partial charge in [-0.15, -0.1) is 0 Å². The third kappa shape index (κ3) is 7.36. The van der Waals surface area contributed by atoms with Crippen LogP contribution in [0.3, 0.4) is 0 Å². The maximum atomic E-state index is 13.1. The minimum absolute atomic E-state index is 0.0967. The molecule has 0 aliphatic carbocycles. The van der Waals surface area contributed by atoms with Crippen LogP contribution in [0.25, 0.3) is 6.08 Å². The Labute approximate surface area is 229 Å². The van der Waals surface area contributed by atoms with E-state index in [0.717, 1.165) is 11.1 Å². The van der Waals surface area contributed by atoms with Gasteiger partial charge >= 0.3 is 0 Å². The molecule has 1 amide bonds. The van der Waals surface area contributed by atoms with Gasteiger partial charge in [-0.05, 0) is 66.2 Å². The summed E-state index contributed by atoms with van der Waals surface area (Å²) < 4.78 is 24.7. The molecule has 4 aromatic rings. The third-order valence-electron chi connectivity index (χ3n) is 5.41. The molecule has 0 spiro atoms. The van der Waals surface area contributed by atoms with Crippen molar-refractivity contribution in [2.45, 2.75) is 13.2 Å². The summed E-state index contributed by atoms with van der Waals surface area (Å²) in [6.45, 7) is 0.462. The van der Waals surface area contributed by atoms with Gasteiger partial charge in [0.25, 0.3) is 5.91 Å². The van der Waals surface area contributed by atoms with E-state index in [-0.39, 0.29) is 24.6 Å². The summed E-state index contributed by atoms with van der Waals surface area (Å²) in [7, 11) is 0. The zero-order valence-corrected chi connectivity index (χ0v) is 21.5. The van der Waals surface area contributed by atoms with Gasteiger partial charge in [-0.3, -0.25) is 4.79 Å². The molecule has 190 valence electrons. The molecule has 0 aliphatic rings. The lowest BCUT2D eigenvalue weighted by molar-refractivity contribution is -0.112. The largest absolute Gasteiger partial charge is 0.489 e. The highest BCUT2D eigenvalue weighted by Crippen LogP contribution is 2.25. The van der Waals surface area contributed by atoms with Gasteiger partial charge < -0.3 is 14.8 Å². The maximum Gasteiger partial charge on any atom is 0.266 e. The molecular weight excluding hydrogens is 526 g/mol. The van der Waals surface area contributed by atoms with E-state index in [4.69, 9.17) is 32.7 Å². The maximum absolute atomic E-state index is 13.1. The van der Waals surface area contributed by atoms with Crippen LogP contribution in [0.5, 0.6) is 11.5 Å². The van der Waals surface area contributed by atoms with E-state index >= 15 is 0 Å². The predicted molar refractivity (Wildman–Crippen MR) is 147 cm³/mol. The number of nitrogens with zero attached hydrogens (tertiary/aromatic N) is 1. The van der Waals surface area contributed by atoms with E-state index < -0.39 is 5.91 Å². The molecule has 0 aromatic heterocycles. The molecule has 5 nitrogen and oxygen atoms in total. The average molecular weight is 547 g/mol. The molecule has 0 radical (unpaired) electrons. The van der Waals surface area contributed by atoms with E-state index in [1.54, 1.807) is 78.9 Å². The molecule has 0 fully saturated rings. The fourth-order valence-electron chi connectivity index (χ4n) is 3.41. The number of nitriles is 1. The van der Waals surface area contributed by atoms with Crippen molar-refractivity contribution in [1.82, 2.24) is 0 Å². The smallest absolute Gasteiger partial charge is 0.266 e. The van der Waals surface area contributed by atoms with Crippen LogP contribution in [-0.4, -0.2) is 5.91 Å². The summed E-state index contributed by atoms with van der Waals surface area (Å²) in [6, 6.07) is 26.9. The number of anilines is 1. The van der Waals surface area contributed by atoms with E-state index in [1.165, 1.54) is 18.2 Å². The molecule has 4 rings (SSSR count). The second-order valence-electron chi connectivity index (χ2n) is 8.13. The first-order valence-electron chi connectivity index (χ1n) is 11.5. The Hall–Kier alpha value is -4.31. The van der Waals surface area contributed by atoms with Crippen molar-refractivity contribution >= 4 is 40.9 Å². The number of para-hydroxylation sites is 1. The minimum atomic E-state index is -0.567. The SMILES string of the molecule is N#C/C(=C\c1ccccc1OCc1ccc(F)cc1)C(=O)Nc1ccc(OCc2ccc(Cl)cc2Cl)cc1. The number of halogens is 3. The van der Waals surface area contributed by atoms with Gasteiger partial charge in [0.05, 0.1) is 0 Å². The van der Waals surface area contributed by atoms with Gasteiger partial charge in [0.1, 0.15) is 42.2 Å². The molecular formula is C30H21Cl2FN2O3. The Morgan fingerprint density at radius 1 is 0.921 bits per heavy atom. The second-order valence-corrected chi connectivity index (χ2v) is 8.97. The Balaban J connectivity index is 1.39. The Morgan fingerprint density at radius 3 is 2.37 bits per heavy atom. The second kappa shape index (κ2) is 12.8. The minimum Gasteiger partial charge on any atom is -0.489 e. The van der Waals surface area contributed by atoms with Crippen LogP contribution in [0.2, 0.25) is 10.0 Å². The van der Waals surface area contributed by atoms with E-state index in [0.29, 0.717) is 32.8 Å². The number of rotatable bonds is 9. The molecule has 8 heteroatoms. The summed E-state index contributed by atoms with van der Waals surface area (Å²) in [4.78, 5) is 12.8. The number of amides is 1. The molecule has 0 unspecified atom stereocenters. The van der Waals surface area contributed by atoms with Gasteiger partial charge in [0, 0.05) is 26.9 Å². The number of ether oxygens (including phenoxy) is 2. The molecule has 0 saturated heterocycles. The number of hydrogen-bond donors (Lipinski definition) is 1. The molecule has 1 N–H and O–H groups in total. The van der Waals surface area contributed by atoms with Crippen molar-refractivity contribution in [2.75, 3.05) is 5.32 Å². The van der Waals surface area contributed by atoms with Gasteiger partial charge in [-0.2, -0.15) is 5.26 Å². The molecule has 0 saturated carbocycles. The summed E-state index contributed by atoms with van der Waals surface area (Å²) >= 11 is 12.1. The number of nitrogens with one attached hydrogen (secondary N) is 1. The lowest BCUT2D eigenvalue weighted by Crippen LogP contribution is -2.13.